The number of rotatable bonds is 4. The van der Waals surface area contributed by atoms with Gasteiger partial charge in [-0.1, -0.05) is 12.1 Å². The van der Waals surface area contributed by atoms with Crippen LogP contribution in [0, 0.1) is 0 Å². The molecule has 0 spiro atoms. The SMILES string of the molecule is S=C(NCCC[NH+]1CCOCC1)N1CCCSc2ccccc21. The Bertz CT molecular complexity index is 520. The number of para-hydroxylation sites is 1. The summed E-state index contributed by atoms with van der Waals surface area (Å²) in [7, 11) is 0. The Morgan fingerprint density at radius 1 is 1.30 bits per heavy atom. The van der Waals surface area contributed by atoms with E-state index in [9.17, 15) is 0 Å². The van der Waals surface area contributed by atoms with Crippen LogP contribution < -0.4 is 15.1 Å². The number of hydrogen-bond acceptors (Lipinski definition) is 3. The summed E-state index contributed by atoms with van der Waals surface area (Å²) in [5, 5.41) is 4.34. The first kappa shape index (κ1) is 17.0. The molecule has 0 bridgehead atoms. The summed E-state index contributed by atoms with van der Waals surface area (Å²) >= 11 is 7.59. The molecule has 2 aliphatic rings. The number of hydrogen-bond donors (Lipinski definition) is 2. The predicted molar refractivity (Wildman–Crippen MR) is 101 cm³/mol. The lowest BCUT2D eigenvalue weighted by Crippen LogP contribution is -3.14. The zero-order valence-electron chi connectivity index (χ0n) is 13.6. The van der Waals surface area contributed by atoms with Gasteiger partial charge < -0.3 is 19.9 Å². The number of thioether (sulfide) groups is 1. The van der Waals surface area contributed by atoms with Crippen molar-refractivity contribution >= 4 is 34.8 Å². The topological polar surface area (TPSA) is 28.9 Å². The lowest BCUT2D eigenvalue weighted by atomic mass is 10.3. The van der Waals surface area contributed by atoms with Gasteiger partial charge in [-0.15, -0.1) is 11.8 Å². The Labute approximate surface area is 148 Å². The van der Waals surface area contributed by atoms with Crippen molar-refractivity contribution in [1.29, 1.82) is 0 Å². The van der Waals surface area contributed by atoms with Crippen molar-refractivity contribution < 1.29 is 9.64 Å². The van der Waals surface area contributed by atoms with Crippen LogP contribution in [-0.2, 0) is 4.74 Å². The van der Waals surface area contributed by atoms with Gasteiger partial charge in [0.2, 0.25) is 0 Å². The number of benzene rings is 1. The molecule has 1 aromatic carbocycles. The third-order valence-corrected chi connectivity index (χ3v) is 5.88. The maximum Gasteiger partial charge on any atom is 0.173 e. The van der Waals surface area contributed by atoms with Crippen molar-refractivity contribution in [2.24, 2.45) is 0 Å². The first-order chi connectivity index (χ1) is 11.3. The van der Waals surface area contributed by atoms with Crippen molar-refractivity contribution in [2.45, 2.75) is 17.7 Å². The molecule has 4 nitrogen and oxygen atoms in total. The maximum atomic E-state index is 5.66. The molecule has 2 N–H and O–H groups in total. The zero-order valence-corrected chi connectivity index (χ0v) is 15.2. The highest BCUT2D eigenvalue weighted by atomic mass is 32.2. The molecule has 0 aromatic heterocycles. The van der Waals surface area contributed by atoms with Gasteiger partial charge in [-0.05, 0) is 36.5 Å². The Morgan fingerprint density at radius 2 is 2.13 bits per heavy atom. The number of quaternary nitrogens is 1. The molecule has 1 aromatic rings. The van der Waals surface area contributed by atoms with Crippen LogP contribution in [-0.4, -0.2) is 56.8 Å². The second kappa shape index (κ2) is 8.87. The minimum Gasteiger partial charge on any atom is -0.370 e. The monoisotopic (exact) mass is 352 g/mol. The van der Waals surface area contributed by atoms with Gasteiger partial charge in [-0.25, -0.2) is 0 Å². The van der Waals surface area contributed by atoms with Crippen LogP contribution >= 0.6 is 24.0 Å². The van der Waals surface area contributed by atoms with E-state index in [-0.39, 0.29) is 0 Å². The number of nitrogens with one attached hydrogen (secondary N) is 2. The Balaban J connectivity index is 1.48. The molecule has 3 rings (SSSR count). The lowest BCUT2D eigenvalue weighted by Gasteiger charge is -2.26. The highest BCUT2D eigenvalue weighted by molar-refractivity contribution is 7.99. The molecule has 1 fully saturated rings. The normalized spacial score (nSPS) is 19.0. The second-order valence-electron chi connectivity index (χ2n) is 6.02. The van der Waals surface area contributed by atoms with E-state index in [4.69, 9.17) is 17.0 Å². The van der Waals surface area contributed by atoms with Gasteiger partial charge in [-0.2, -0.15) is 0 Å². The standard InChI is InChI=1S/C17H25N3OS2/c22-17(18-7-3-8-19-10-12-21-13-11-19)20-9-4-14-23-16-6-2-1-5-15(16)20/h1-2,5-6H,3-4,7-14H2,(H,18,22)/p+1. The molecule has 0 amide bonds. The van der Waals surface area contributed by atoms with E-state index in [1.165, 1.54) is 23.5 Å². The number of anilines is 1. The fraction of sp³-hybridized carbons (Fsp3) is 0.588. The van der Waals surface area contributed by atoms with E-state index in [1.54, 1.807) is 4.90 Å². The predicted octanol–water partition coefficient (Wildman–Crippen LogP) is 1.17. The summed E-state index contributed by atoms with van der Waals surface area (Å²) < 4.78 is 5.40. The Hall–Kier alpha value is -0.820. The van der Waals surface area contributed by atoms with Gasteiger partial charge in [0, 0.05) is 24.4 Å². The van der Waals surface area contributed by atoms with E-state index in [2.05, 4.69) is 34.5 Å². The summed E-state index contributed by atoms with van der Waals surface area (Å²) in [5.74, 6) is 1.16. The third kappa shape index (κ3) is 4.83. The largest absolute Gasteiger partial charge is 0.370 e. The maximum absolute atomic E-state index is 5.66. The second-order valence-corrected chi connectivity index (χ2v) is 7.54. The van der Waals surface area contributed by atoms with Crippen LogP contribution in [0.25, 0.3) is 0 Å². The van der Waals surface area contributed by atoms with E-state index in [1.807, 2.05) is 11.8 Å². The first-order valence-corrected chi connectivity index (χ1v) is 9.92. The van der Waals surface area contributed by atoms with Crippen molar-refractivity contribution in [3.63, 3.8) is 0 Å². The van der Waals surface area contributed by atoms with E-state index >= 15 is 0 Å². The lowest BCUT2D eigenvalue weighted by molar-refractivity contribution is -0.908. The molecule has 0 radical (unpaired) electrons. The molecule has 6 heteroatoms. The third-order valence-electron chi connectivity index (χ3n) is 4.37. The van der Waals surface area contributed by atoms with Crippen LogP contribution in [0.15, 0.2) is 29.2 Å². The summed E-state index contributed by atoms with van der Waals surface area (Å²) in [6.07, 6.45) is 2.32. The van der Waals surface area contributed by atoms with Crippen molar-refractivity contribution in [3.8, 4) is 0 Å². The molecule has 0 unspecified atom stereocenters. The van der Waals surface area contributed by atoms with Gasteiger partial charge >= 0.3 is 0 Å². The number of ether oxygens (including phenoxy) is 1. The molecule has 0 saturated carbocycles. The van der Waals surface area contributed by atoms with Gasteiger partial charge in [0.05, 0.1) is 25.4 Å². The summed E-state index contributed by atoms with van der Waals surface area (Å²) in [6, 6.07) is 8.58. The molecular weight excluding hydrogens is 326 g/mol. The smallest absolute Gasteiger partial charge is 0.173 e. The zero-order chi connectivity index (χ0) is 15.9. The van der Waals surface area contributed by atoms with Gasteiger partial charge in [0.1, 0.15) is 13.1 Å². The number of nitrogens with zero attached hydrogens (tertiary/aromatic N) is 1. The first-order valence-electron chi connectivity index (χ1n) is 8.53. The molecule has 23 heavy (non-hydrogen) atoms. The van der Waals surface area contributed by atoms with Crippen LogP contribution in [0.2, 0.25) is 0 Å². The minimum atomic E-state index is 0.872. The molecule has 2 aliphatic heterocycles. The molecule has 2 heterocycles. The number of thiocarbonyl (C=S) groups is 1. The van der Waals surface area contributed by atoms with Gasteiger partial charge in [-0.3, -0.25) is 0 Å². The fourth-order valence-corrected chi connectivity index (χ4v) is 4.36. The van der Waals surface area contributed by atoms with Crippen LogP contribution in [0.1, 0.15) is 12.8 Å². The van der Waals surface area contributed by atoms with E-state index in [0.717, 1.165) is 56.7 Å². The molecule has 1 saturated heterocycles. The van der Waals surface area contributed by atoms with Crippen LogP contribution in [0.4, 0.5) is 5.69 Å². The van der Waals surface area contributed by atoms with Gasteiger partial charge in [0.25, 0.3) is 0 Å². The molecule has 126 valence electrons. The van der Waals surface area contributed by atoms with Crippen molar-refractivity contribution in [2.75, 3.05) is 56.6 Å². The summed E-state index contributed by atoms with van der Waals surface area (Å²) in [5.41, 5.74) is 1.26. The average Bonchev–Trinajstić information content (AvgIpc) is 2.82. The highest BCUT2D eigenvalue weighted by Gasteiger charge is 2.18. The van der Waals surface area contributed by atoms with Gasteiger partial charge in [0.15, 0.2) is 5.11 Å². The Morgan fingerprint density at radius 3 is 3.00 bits per heavy atom. The molecule has 0 aliphatic carbocycles. The molecular formula is C17H26N3OS2+. The summed E-state index contributed by atoms with van der Waals surface area (Å²) in [4.78, 5) is 5.26. The highest BCUT2D eigenvalue weighted by Crippen LogP contribution is 2.33. The average molecular weight is 353 g/mol. The van der Waals surface area contributed by atoms with Crippen LogP contribution in [0.5, 0.6) is 0 Å². The van der Waals surface area contributed by atoms with Crippen molar-refractivity contribution in [3.05, 3.63) is 24.3 Å². The molecule has 0 atom stereocenters. The van der Waals surface area contributed by atoms with E-state index < -0.39 is 0 Å². The Kier molecular flexibility index (Phi) is 6.56. The fourth-order valence-electron chi connectivity index (χ4n) is 3.08. The minimum absolute atomic E-state index is 0.872. The van der Waals surface area contributed by atoms with Crippen LogP contribution in [0.3, 0.4) is 0 Å². The quantitative estimate of drug-likeness (QED) is 0.627. The van der Waals surface area contributed by atoms with Crippen molar-refractivity contribution in [1.82, 2.24) is 5.32 Å². The van der Waals surface area contributed by atoms with E-state index in [0.29, 0.717) is 0 Å². The number of fused-ring (bicyclic) bond motifs is 1. The number of morpholine rings is 1. The summed E-state index contributed by atoms with van der Waals surface area (Å²) in [6.45, 7) is 7.25.